The van der Waals surface area contributed by atoms with Crippen molar-refractivity contribution in [1.29, 1.82) is 0 Å². The molecule has 0 saturated heterocycles. The highest BCUT2D eigenvalue weighted by Crippen LogP contribution is 2.33. The largest absolute Gasteiger partial charge is 0.522 e. The average molecular weight is 252 g/mol. The topological polar surface area (TPSA) is 26.3 Å². The van der Waals surface area contributed by atoms with E-state index in [1.54, 1.807) is 0 Å². The molecule has 100 valence electrons. The normalized spacial score (nSPS) is 26.6. The summed E-state index contributed by atoms with van der Waals surface area (Å²) in [5, 5.41) is 0. The molecule has 0 heterocycles. The quantitative estimate of drug-likeness (QED) is 0.764. The summed E-state index contributed by atoms with van der Waals surface area (Å²) in [6.07, 6.45) is -2.33. The first-order valence-electron chi connectivity index (χ1n) is 6.03. The Morgan fingerprint density at radius 3 is 2.59 bits per heavy atom. The van der Waals surface area contributed by atoms with Crippen LogP contribution in [0.1, 0.15) is 39.5 Å². The van der Waals surface area contributed by atoms with E-state index in [1.807, 2.05) is 0 Å². The summed E-state index contributed by atoms with van der Waals surface area (Å²) in [5.74, 6) is 0.767. The van der Waals surface area contributed by atoms with E-state index >= 15 is 0 Å². The van der Waals surface area contributed by atoms with Gasteiger partial charge in [-0.3, -0.25) is 9.53 Å². The monoisotopic (exact) mass is 252 g/mol. The van der Waals surface area contributed by atoms with Gasteiger partial charge in [0.1, 0.15) is 5.78 Å². The molecule has 0 radical (unpaired) electrons. The van der Waals surface area contributed by atoms with Crippen molar-refractivity contribution >= 4 is 5.78 Å². The summed E-state index contributed by atoms with van der Waals surface area (Å²) < 4.78 is 39.1. The Labute approximate surface area is 99.5 Å². The van der Waals surface area contributed by atoms with E-state index in [-0.39, 0.29) is 18.1 Å². The zero-order chi connectivity index (χ0) is 13.1. The fourth-order valence-corrected chi connectivity index (χ4v) is 2.35. The highest BCUT2D eigenvalue weighted by atomic mass is 19.4. The molecule has 0 N–H and O–H groups in total. The Kier molecular flexibility index (Phi) is 4.98. The highest BCUT2D eigenvalue weighted by molar-refractivity contribution is 5.81. The third kappa shape index (κ3) is 5.06. The molecule has 0 amide bonds. The minimum absolute atomic E-state index is 0.0904. The van der Waals surface area contributed by atoms with E-state index < -0.39 is 13.0 Å². The van der Waals surface area contributed by atoms with Gasteiger partial charge in [0.15, 0.2) is 0 Å². The van der Waals surface area contributed by atoms with E-state index in [9.17, 15) is 18.0 Å². The number of hydrogen-bond donors (Lipinski definition) is 0. The van der Waals surface area contributed by atoms with Crippen LogP contribution in [0.15, 0.2) is 0 Å². The van der Waals surface area contributed by atoms with E-state index in [4.69, 9.17) is 0 Å². The van der Waals surface area contributed by atoms with Crippen LogP contribution in [-0.2, 0) is 9.53 Å². The summed E-state index contributed by atoms with van der Waals surface area (Å²) in [6, 6.07) is 0. The molecular weight excluding hydrogens is 233 g/mol. The molecule has 0 aromatic heterocycles. The molecule has 5 heteroatoms. The predicted octanol–water partition coefficient (Wildman–Crippen LogP) is 3.55. The number of rotatable bonds is 4. The number of ether oxygens (including phenoxy) is 1. The Balaban J connectivity index is 2.37. The number of alkyl halides is 3. The standard InChI is InChI=1S/C12H19F3O2/c1-8(2)9-3-4-11(16)10(7-9)5-6-17-12(13,14)15/h8-10H,3-7H2,1-2H3. The molecule has 0 aromatic rings. The maximum Gasteiger partial charge on any atom is 0.522 e. The smallest absolute Gasteiger partial charge is 0.299 e. The number of ketones is 1. The maximum absolute atomic E-state index is 11.8. The minimum atomic E-state index is -4.59. The first-order chi connectivity index (χ1) is 7.79. The first kappa shape index (κ1) is 14.5. The Bertz CT molecular complexity index is 261. The van der Waals surface area contributed by atoms with Crippen LogP contribution in [0.4, 0.5) is 13.2 Å². The van der Waals surface area contributed by atoms with Gasteiger partial charge < -0.3 is 0 Å². The summed E-state index contributed by atoms with van der Waals surface area (Å²) in [6.45, 7) is 3.76. The minimum Gasteiger partial charge on any atom is -0.299 e. The predicted molar refractivity (Wildman–Crippen MR) is 57.3 cm³/mol. The van der Waals surface area contributed by atoms with Crippen LogP contribution in [0.25, 0.3) is 0 Å². The van der Waals surface area contributed by atoms with Crippen molar-refractivity contribution in [1.82, 2.24) is 0 Å². The van der Waals surface area contributed by atoms with Crippen molar-refractivity contribution in [3.05, 3.63) is 0 Å². The van der Waals surface area contributed by atoms with Gasteiger partial charge in [0.25, 0.3) is 0 Å². The van der Waals surface area contributed by atoms with Crippen LogP contribution in [0.3, 0.4) is 0 Å². The molecule has 17 heavy (non-hydrogen) atoms. The zero-order valence-electron chi connectivity index (χ0n) is 10.2. The number of hydrogen-bond acceptors (Lipinski definition) is 2. The third-order valence-corrected chi connectivity index (χ3v) is 3.48. The van der Waals surface area contributed by atoms with Gasteiger partial charge in [0.05, 0.1) is 6.61 Å². The molecule has 0 aromatic carbocycles. The highest BCUT2D eigenvalue weighted by Gasteiger charge is 2.32. The molecular formula is C12H19F3O2. The number of carbonyl (C=O) groups is 1. The van der Waals surface area contributed by atoms with Crippen LogP contribution in [0.5, 0.6) is 0 Å². The Morgan fingerprint density at radius 2 is 2.06 bits per heavy atom. The number of carbonyl (C=O) groups excluding carboxylic acids is 1. The molecule has 0 spiro atoms. The van der Waals surface area contributed by atoms with E-state index in [2.05, 4.69) is 18.6 Å². The van der Waals surface area contributed by atoms with E-state index in [1.165, 1.54) is 0 Å². The average Bonchev–Trinajstić information content (AvgIpc) is 2.18. The van der Waals surface area contributed by atoms with Crippen LogP contribution < -0.4 is 0 Å². The fraction of sp³-hybridized carbons (Fsp3) is 0.917. The molecule has 1 aliphatic rings. The van der Waals surface area contributed by atoms with Gasteiger partial charge in [0.2, 0.25) is 0 Å². The lowest BCUT2D eigenvalue weighted by molar-refractivity contribution is -0.325. The van der Waals surface area contributed by atoms with Gasteiger partial charge in [0, 0.05) is 12.3 Å². The maximum atomic E-state index is 11.8. The number of halogens is 3. The molecule has 0 aliphatic heterocycles. The van der Waals surface area contributed by atoms with Crippen LogP contribution >= 0.6 is 0 Å². The SMILES string of the molecule is CC(C)C1CCC(=O)C(CCOC(F)(F)F)C1. The van der Waals surface area contributed by atoms with Crippen molar-refractivity contribution in [3.63, 3.8) is 0 Å². The second kappa shape index (κ2) is 5.85. The molecule has 1 fully saturated rings. The lowest BCUT2D eigenvalue weighted by atomic mass is 9.74. The van der Waals surface area contributed by atoms with Crippen molar-refractivity contribution in [2.45, 2.75) is 45.9 Å². The lowest BCUT2D eigenvalue weighted by Gasteiger charge is -2.30. The second-order valence-corrected chi connectivity index (χ2v) is 5.02. The van der Waals surface area contributed by atoms with Crippen molar-refractivity contribution in [2.24, 2.45) is 17.8 Å². The molecule has 2 unspecified atom stereocenters. The van der Waals surface area contributed by atoms with E-state index in [0.29, 0.717) is 24.7 Å². The van der Waals surface area contributed by atoms with Gasteiger partial charge in [-0.05, 0) is 31.1 Å². The zero-order valence-corrected chi connectivity index (χ0v) is 10.2. The van der Waals surface area contributed by atoms with Crippen molar-refractivity contribution < 1.29 is 22.7 Å². The number of Topliss-reactive ketones (excluding diaryl/α,β-unsaturated/α-hetero) is 1. The molecule has 2 nitrogen and oxygen atoms in total. The molecule has 1 saturated carbocycles. The summed E-state index contributed by atoms with van der Waals surface area (Å²) in [5.41, 5.74) is 0. The van der Waals surface area contributed by atoms with Gasteiger partial charge in [-0.25, -0.2) is 0 Å². The summed E-state index contributed by atoms with van der Waals surface area (Å²) in [7, 11) is 0. The van der Waals surface area contributed by atoms with Gasteiger partial charge in [-0.1, -0.05) is 13.8 Å². The van der Waals surface area contributed by atoms with Crippen LogP contribution in [-0.4, -0.2) is 18.8 Å². The Morgan fingerprint density at radius 1 is 1.41 bits per heavy atom. The molecule has 0 bridgehead atoms. The summed E-state index contributed by atoms with van der Waals surface area (Å²) >= 11 is 0. The lowest BCUT2D eigenvalue weighted by Crippen LogP contribution is -2.29. The van der Waals surface area contributed by atoms with Crippen LogP contribution in [0, 0.1) is 17.8 Å². The third-order valence-electron chi connectivity index (χ3n) is 3.48. The molecule has 2 atom stereocenters. The van der Waals surface area contributed by atoms with Gasteiger partial charge in [-0.2, -0.15) is 0 Å². The van der Waals surface area contributed by atoms with Gasteiger partial charge >= 0.3 is 6.36 Å². The fourth-order valence-electron chi connectivity index (χ4n) is 2.35. The van der Waals surface area contributed by atoms with Crippen LogP contribution in [0.2, 0.25) is 0 Å². The van der Waals surface area contributed by atoms with Crippen molar-refractivity contribution in [3.8, 4) is 0 Å². The van der Waals surface area contributed by atoms with E-state index in [0.717, 1.165) is 6.42 Å². The second-order valence-electron chi connectivity index (χ2n) is 5.02. The summed E-state index contributed by atoms with van der Waals surface area (Å²) in [4.78, 5) is 11.6. The molecule has 1 aliphatic carbocycles. The first-order valence-corrected chi connectivity index (χ1v) is 6.03. The molecule has 1 rings (SSSR count). The van der Waals surface area contributed by atoms with Gasteiger partial charge in [-0.15, -0.1) is 13.2 Å². The van der Waals surface area contributed by atoms with Crippen molar-refractivity contribution in [2.75, 3.05) is 6.61 Å². The Hall–Kier alpha value is -0.580.